The molecule has 25 heavy (non-hydrogen) atoms. The zero-order valence-corrected chi connectivity index (χ0v) is 15.0. The van der Waals surface area contributed by atoms with Crippen molar-refractivity contribution < 1.29 is 13.9 Å². The van der Waals surface area contributed by atoms with Gasteiger partial charge in [-0.3, -0.25) is 4.79 Å². The first-order valence-corrected chi connectivity index (χ1v) is 8.90. The number of rotatable bonds is 6. The average molecular weight is 342 g/mol. The Balaban J connectivity index is 1.60. The van der Waals surface area contributed by atoms with Gasteiger partial charge in [0.15, 0.2) is 0 Å². The van der Waals surface area contributed by atoms with Gasteiger partial charge in [-0.1, -0.05) is 18.2 Å². The molecule has 0 aliphatic carbocycles. The highest BCUT2D eigenvalue weighted by Crippen LogP contribution is 2.27. The van der Waals surface area contributed by atoms with Crippen molar-refractivity contribution in [1.29, 1.82) is 0 Å². The number of benzene rings is 1. The molecule has 0 saturated carbocycles. The van der Waals surface area contributed by atoms with Gasteiger partial charge in [-0.15, -0.1) is 0 Å². The highest BCUT2D eigenvalue weighted by molar-refractivity contribution is 5.77. The van der Waals surface area contributed by atoms with E-state index in [9.17, 15) is 4.79 Å². The molecular formula is C20H26N2O3. The first-order valence-electron chi connectivity index (χ1n) is 8.90. The highest BCUT2D eigenvalue weighted by Gasteiger charge is 2.18. The molecule has 0 radical (unpaired) electrons. The van der Waals surface area contributed by atoms with Crippen LogP contribution in [0.25, 0.3) is 0 Å². The molecule has 1 aromatic carbocycles. The number of carbonyl (C=O) groups is 1. The SMILES string of the molecule is Cc1ccc(CCC(=O)N[C@@H](C)c2ccccc2N2CCOCC2)o1. The third kappa shape index (κ3) is 4.63. The fourth-order valence-corrected chi connectivity index (χ4v) is 3.19. The maximum Gasteiger partial charge on any atom is 0.220 e. The Hall–Kier alpha value is -2.27. The van der Waals surface area contributed by atoms with Gasteiger partial charge in [0.25, 0.3) is 0 Å². The van der Waals surface area contributed by atoms with Crippen molar-refractivity contribution in [3.63, 3.8) is 0 Å². The second kappa shape index (κ2) is 8.21. The summed E-state index contributed by atoms with van der Waals surface area (Å²) in [6.07, 6.45) is 1.05. The summed E-state index contributed by atoms with van der Waals surface area (Å²) >= 11 is 0. The van der Waals surface area contributed by atoms with Crippen molar-refractivity contribution >= 4 is 11.6 Å². The topological polar surface area (TPSA) is 54.7 Å². The van der Waals surface area contributed by atoms with Crippen molar-refractivity contribution in [2.24, 2.45) is 0 Å². The van der Waals surface area contributed by atoms with Crippen LogP contribution < -0.4 is 10.2 Å². The monoisotopic (exact) mass is 342 g/mol. The predicted molar refractivity (Wildman–Crippen MR) is 97.8 cm³/mol. The minimum atomic E-state index is -0.0371. The molecule has 0 bridgehead atoms. The lowest BCUT2D eigenvalue weighted by Crippen LogP contribution is -2.37. The van der Waals surface area contributed by atoms with Crippen LogP contribution in [0.1, 0.15) is 36.5 Å². The largest absolute Gasteiger partial charge is 0.466 e. The molecule has 1 saturated heterocycles. The average Bonchev–Trinajstić information content (AvgIpc) is 3.06. The lowest BCUT2D eigenvalue weighted by molar-refractivity contribution is -0.121. The van der Waals surface area contributed by atoms with Crippen molar-refractivity contribution in [3.05, 3.63) is 53.5 Å². The van der Waals surface area contributed by atoms with E-state index >= 15 is 0 Å². The van der Waals surface area contributed by atoms with Gasteiger partial charge in [-0.2, -0.15) is 0 Å². The Morgan fingerprint density at radius 2 is 1.96 bits per heavy atom. The standard InChI is InChI=1S/C20H26N2O3/c1-15-7-8-17(25-15)9-10-20(23)21-16(2)18-5-3-4-6-19(18)22-11-13-24-14-12-22/h3-8,16H,9-14H2,1-2H3,(H,21,23)/t16-/m0/s1. The van der Waals surface area contributed by atoms with Crippen LogP contribution in [0.4, 0.5) is 5.69 Å². The summed E-state index contributed by atoms with van der Waals surface area (Å²) in [7, 11) is 0. The number of nitrogens with one attached hydrogen (secondary N) is 1. The highest BCUT2D eigenvalue weighted by atomic mass is 16.5. The minimum absolute atomic E-state index is 0.0371. The second-order valence-corrected chi connectivity index (χ2v) is 6.46. The number of amides is 1. The second-order valence-electron chi connectivity index (χ2n) is 6.46. The Labute approximate surface area is 149 Å². The molecule has 1 fully saturated rings. The molecule has 5 heteroatoms. The Bertz CT molecular complexity index is 704. The molecule has 1 amide bonds. The third-order valence-electron chi connectivity index (χ3n) is 4.53. The van der Waals surface area contributed by atoms with Crippen LogP contribution in [0.5, 0.6) is 0 Å². The molecule has 1 aliphatic rings. The summed E-state index contributed by atoms with van der Waals surface area (Å²) in [5.74, 6) is 1.77. The van der Waals surface area contributed by atoms with E-state index < -0.39 is 0 Å². The van der Waals surface area contributed by atoms with Gasteiger partial charge in [0.1, 0.15) is 11.5 Å². The fourth-order valence-electron chi connectivity index (χ4n) is 3.19. The van der Waals surface area contributed by atoms with Crippen LogP contribution in [-0.4, -0.2) is 32.2 Å². The van der Waals surface area contributed by atoms with E-state index in [-0.39, 0.29) is 11.9 Å². The number of anilines is 1. The summed E-state index contributed by atoms with van der Waals surface area (Å²) < 4.78 is 11.0. The zero-order chi connectivity index (χ0) is 17.6. The van der Waals surface area contributed by atoms with Gasteiger partial charge in [0, 0.05) is 31.6 Å². The maximum absolute atomic E-state index is 12.3. The summed E-state index contributed by atoms with van der Waals surface area (Å²) in [6, 6.07) is 12.1. The molecule has 2 heterocycles. The van der Waals surface area contributed by atoms with Crippen LogP contribution in [0.2, 0.25) is 0 Å². The van der Waals surface area contributed by atoms with Gasteiger partial charge in [0.05, 0.1) is 19.3 Å². The summed E-state index contributed by atoms with van der Waals surface area (Å²) in [5.41, 5.74) is 2.33. The van der Waals surface area contributed by atoms with E-state index in [4.69, 9.17) is 9.15 Å². The molecule has 1 aliphatic heterocycles. The number of ether oxygens (including phenoxy) is 1. The van der Waals surface area contributed by atoms with E-state index in [2.05, 4.69) is 22.3 Å². The fraction of sp³-hybridized carbons (Fsp3) is 0.450. The summed E-state index contributed by atoms with van der Waals surface area (Å²) in [4.78, 5) is 14.6. The Kier molecular flexibility index (Phi) is 5.76. The van der Waals surface area contributed by atoms with E-state index in [1.54, 1.807) is 0 Å². The van der Waals surface area contributed by atoms with Crippen LogP contribution in [0.3, 0.4) is 0 Å². The lowest BCUT2D eigenvalue weighted by atomic mass is 10.0. The maximum atomic E-state index is 12.3. The Morgan fingerprint density at radius 1 is 1.20 bits per heavy atom. The smallest absolute Gasteiger partial charge is 0.220 e. The molecule has 0 unspecified atom stereocenters. The molecule has 3 rings (SSSR count). The van der Waals surface area contributed by atoms with E-state index in [0.29, 0.717) is 12.8 Å². The van der Waals surface area contributed by atoms with E-state index in [1.165, 1.54) is 5.69 Å². The van der Waals surface area contributed by atoms with Gasteiger partial charge >= 0.3 is 0 Å². The third-order valence-corrected chi connectivity index (χ3v) is 4.53. The number of aryl methyl sites for hydroxylation is 2. The minimum Gasteiger partial charge on any atom is -0.466 e. The predicted octanol–water partition coefficient (Wildman–Crippen LogP) is 3.23. The van der Waals surface area contributed by atoms with Gasteiger partial charge in [-0.25, -0.2) is 0 Å². The van der Waals surface area contributed by atoms with Crippen LogP contribution in [0.15, 0.2) is 40.8 Å². The van der Waals surface area contributed by atoms with Crippen LogP contribution >= 0.6 is 0 Å². The number of hydrogen-bond donors (Lipinski definition) is 1. The molecule has 1 N–H and O–H groups in total. The summed E-state index contributed by atoms with van der Waals surface area (Å²) in [5, 5.41) is 3.11. The van der Waals surface area contributed by atoms with Crippen LogP contribution in [-0.2, 0) is 16.0 Å². The number of para-hydroxylation sites is 1. The van der Waals surface area contributed by atoms with Crippen molar-refractivity contribution in [2.75, 3.05) is 31.2 Å². The molecule has 1 atom stereocenters. The number of nitrogens with zero attached hydrogens (tertiary/aromatic N) is 1. The quantitative estimate of drug-likeness (QED) is 0.876. The lowest BCUT2D eigenvalue weighted by Gasteiger charge is -2.32. The number of morpholine rings is 1. The molecule has 2 aromatic rings. The normalized spacial score (nSPS) is 15.8. The molecule has 1 aromatic heterocycles. The van der Waals surface area contributed by atoms with Gasteiger partial charge in [0.2, 0.25) is 5.91 Å². The Morgan fingerprint density at radius 3 is 2.68 bits per heavy atom. The van der Waals surface area contributed by atoms with E-state index in [0.717, 1.165) is 43.4 Å². The van der Waals surface area contributed by atoms with Crippen molar-refractivity contribution in [2.45, 2.75) is 32.7 Å². The van der Waals surface area contributed by atoms with Crippen molar-refractivity contribution in [3.8, 4) is 0 Å². The molecular weight excluding hydrogens is 316 g/mol. The van der Waals surface area contributed by atoms with E-state index in [1.807, 2.05) is 38.1 Å². The van der Waals surface area contributed by atoms with Gasteiger partial charge in [-0.05, 0) is 37.6 Å². The first kappa shape index (κ1) is 17.5. The number of furan rings is 1. The molecule has 134 valence electrons. The van der Waals surface area contributed by atoms with Crippen LogP contribution in [0, 0.1) is 6.92 Å². The molecule has 0 spiro atoms. The first-order chi connectivity index (χ1) is 12.1. The zero-order valence-electron chi connectivity index (χ0n) is 15.0. The summed E-state index contributed by atoms with van der Waals surface area (Å²) in [6.45, 7) is 7.21. The van der Waals surface area contributed by atoms with Crippen molar-refractivity contribution in [1.82, 2.24) is 5.32 Å². The molecule has 5 nitrogen and oxygen atoms in total. The number of carbonyl (C=O) groups excluding carboxylic acids is 1. The van der Waals surface area contributed by atoms with Gasteiger partial charge < -0.3 is 19.4 Å². The number of hydrogen-bond acceptors (Lipinski definition) is 4.